The van der Waals surface area contributed by atoms with E-state index in [1.807, 2.05) is 6.07 Å². The van der Waals surface area contributed by atoms with Crippen molar-refractivity contribution in [1.82, 2.24) is 0 Å². The van der Waals surface area contributed by atoms with E-state index in [1.54, 1.807) is 24.3 Å². The van der Waals surface area contributed by atoms with Crippen molar-refractivity contribution in [3.05, 3.63) is 367 Å². The lowest BCUT2D eigenvalue weighted by atomic mass is 9.43. The number of rotatable bonds is 7. The third-order valence-corrected chi connectivity index (χ3v) is 20.7. The Morgan fingerprint density at radius 3 is 0.667 bits per heavy atom. The SMILES string of the molecule is Brc1ccc2c(c1)-c1cc(-c3ccccc3)ccc1B1c3ccc(-c4ccccc4)cc3-c3cc(Br)ccc3N12.OB(O)c1ccccc1.c1ccc(-c2ccc3c(c2)-c2cc(-c4ccccc4)ccc2N2B3c3ccc(-c4ccccc4)cc3-c3cc(-c4ccccc4)ccc32)cc1. The Labute approximate surface area is 596 Å². The summed E-state index contributed by atoms with van der Waals surface area (Å²) in [6.45, 7) is 0.0989. The summed E-state index contributed by atoms with van der Waals surface area (Å²) in [5.41, 5.74) is 35.7. The van der Waals surface area contributed by atoms with Gasteiger partial charge in [-0.3, -0.25) is 0 Å². The molecule has 4 heterocycles. The number of fused-ring (bicyclic) bond motifs is 22. The van der Waals surface area contributed by atoms with Crippen molar-refractivity contribution >= 4 is 103 Å². The fourth-order valence-corrected chi connectivity index (χ4v) is 15.8. The highest BCUT2D eigenvalue weighted by Gasteiger charge is 2.45. The molecule has 19 rings (SSSR count). The summed E-state index contributed by atoms with van der Waals surface area (Å²) in [5.74, 6) is 0. The summed E-state index contributed by atoms with van der Waals surface area (Å²) in [6, 6.07) is 129. The molecule has 466 valence electrons. The number of hydrogen-bond donors (Lipinski definition) is 2. The summed E-state index contributed by atoms with van der Waals surface area (Å²) < 4.78 is 2.17. The van der Waals surface area contributed by atoms with Gasteiger partial charge in [-0.15, -0.1) is 0 Å². The molecule has 0 aliphatic carbocycles. The molecule has 0 saturated heterocycles. The maximum atomic E-state index is 8.58. The summed E-state index contributed by atoms with van der Waals surface area (Å²) in [4.78, 5) is 5.14. The van der Waals surface area contributed by atoms with Crippen LogP contribution in [0.15, 0.2) is 367 Å². The monoisotopic (exact) mass is 1390 g/mol. The molecule has 99 heavy (non-hydrogen) atoms. The zero-order chi connectivity index (χ0) is 66.5. The Kier molecular flexibility index (Phi) is 16.4. The van der Waals surface area contributed by atoms with Crippen molar-refractivity contribution in [3.8, 4) is 111 Å². The molecule has 4 aliphatic rings. The molecule has 0 bridgehead atoms. The predicted molar refractivity (Wildman–Crippen MR) is 426 cm³/mol. The van der Waals surface area contributed by atoms with Gasteiger partial charge >= 0.3 is 20.8 Å². The molecule has 2 N–H and O–H groups in total. The molecular formula is C90H61B3Br2N2O2. The van der Waals surface area contributed by atoms with Gasteiger partial charge < -0.3 is 19.7 Å². The second-order valence-electron chi connectivity index (χ2n) is 25.5. The molecule has 0 unspecified atom stereocenters. The van der Waals surface area contributed by atoms with Crippen LogP contribution in [0.4, 0.5) is 22.7 Å². The molecule has 0 fully saturated rings. The van der Waals surface area contributed by atoms with Gasteiger partial charge in [0.1, 0.15) is 0 Å². The van der Waals surface area contributed by atoms with E-state index < -0.39 is 7.12 Å². The zero-order valence-corrected chi connectivity index (χ0v) is 57.0. The van der Waals surface area contributed by atoms with Crippen molar-refractivity contribution in [2.24, 2.45) is 0 Å². The minimum Gasteiger partial charge on any atom is -0.423 e. The van der Waals surface area contributed by atoms with Crippen LogP contribution in [0.25, 0.3) is 111 Å². The summed E-state index contributed by atoms with van der Waals surface area (Å²) >= 11 is 7.53. The highest BCUT2D eigenvalue weighted by Crippen LogP contribution is 2.51. The molecule has 4 nitrogen and oxygen atoms in total. The van der Waals surface area contributed by atoms with Crippen molar-refractivity contribution in [2.45, 2.75) is 0 Å². The predicted octanol–water partition coefficient (Wildman–Crippen LogP) is 20.1. The first kappa shape index (κ1) is 61.6. The van der Waals surface area contributed by atoms with Crippen LogP contribution in [0.3, 0.4) is 0 Å². The molecule has 4 aliphatic heterocycles. The van der Waals surface area contributed by atoms with Crippen molar-refractivity contribution < 1.29 is 10.0 Å². The molecule has 0 radical (unpaired) electrons. The van der Waals surface area contributed by atoms with Crippen LogP contribution in [0.2, 0.25) is 0 Å². The van der Waals surface area contributed by atoms with Crippen LogP contribution in [0.1, 0.15) is 0 Å². The second kappa shape index (κ2) is 26.4. The standard InChI is InChI=1S/C48H32BN.C36H22BBr2N.C6H7BO2/c1-5-13-33(14-6-1)37-21-25-45-41(29-37)43-31-39(35-17-9-3-10-18-35)23-27-47(43)50-48-28-24-40(36-19-11-4-12-20-36)32-44(48)42-30-38(22-26-46(42)49(45)50)34-15-7-2-8-16-34;38-27-13-17-35-31(21-27)29-19-25(23-7-3-1-4-8-23)11-15-33(29)37-34-16-12-26(24-9-5-2-6-10-24)20-30(34)32-22-28(39)14-18-36(32)40(35)37;8-7(9)6-4-2-1-3-5-6/h1-32H;1-22H;1-5,8-9H. The Morgan fingerprint density at radius 1 is 0.212 bits per heavy atom. The first-order valence-electron chi connectivity index (χ1n) is 33.5. The highest BCUT2D eigenvalue weighted by atomic mass is 79.9. The molecule has 0 spiro atoms. The molecule has 15 aromatic carbocycles. The maximum absolute atomic E-state index is 8.58. The summed E-state index contributed by atoms with van der Waals surface area (Å²) in [6.07, 6.45) is 0. The third kappa shape index (κ3) is 11.6. The van der Waals surface area contributed by atoms with Crippen LogP contribution in [-0.4, -0.2) is 30.9 Å². The third-order valence-electron chi connectivity index (χ3n) is 19.8. The van der Waals surface area contributed by atoms with Crippen molar-refractivity contribution in [1.29, 1.82) is 0 Å². The van der Waals surface area contributed by atoms with E-state index >= 15 is 0 Å². The highest BCUT2D eigenvalue weighted by molar-refractivity contribution is 9.10. The molecule has 0 aromatic heterocycles. The number of benzene rings is 15. The fourth-order valence-electron chi connectivity index (χ4n) is 15.1. The smallest absolute Gasteiger partial charge is 0.423 e. The summed E-state index contributed by atoms with van der Waals surface area (Å²) in [7, 11) is -1.34. The van der Waals surface area contributed by atoms with Gasteiger partial charge in [0, 0.05) is 53.9 Å². The van der Waals surface area contributed by atoms with Crippen molar-refractivity contribution in [2.75, 3.05) is 9.62 Å². The van der Waals surface area contributed by atoms with Crippen LogP contribution in [-0.2, 0) is 0 Å². The molecule has 0 saturated carbocycles. The second-order valence-corrected chi connectivity index (χ2v) is 27.4. The van der Waals surface area contributed by atoms with Gasteiger partial charge in [0.15, 0.2) is 0 Å². The average Bonchev–Trinajstić information content (AvgIpc) is 0.712. The quantitative estimate of drug-likeness (QED) is 0.156. The maximum Gasteiger partial charge on any atom is 0.488 e. The van der Waals surface area contributed by atoms with Crippen molar-refractivity contribution in [3.63, 3.8) is 0 Å². The summed E-state index contributed by atoms with van der Waals surface area (Å²) in [5, 5.41) is 17.2. The van der Waals surface area contributed by atoms with Gasteiger partial charge in [-0.2, -0.15) is 0 Å². The Balaban J connectivity index is 0.000000134. The van der Waals surface area contributed by atoms with E-state index in [-0.39, 0.29) is 13.7 Å². The topological polar surface area (TPSA) is 46.9 Å². The lowest BCUT2D eigenvalue weighted by Gasteiger charge is -2.44. The molecule has 15 aromatic rings. The average molecular weight is 1390 g/mol. The van der Waals surface area contributed by atoms with Gasteiger partial charge in [0.05, 0.1) is 0 Å². The first-order valence-corrected chi connectivity index (χ1v) is 35.1. The van der Waals surface area contributed by atoms with Crippen LogP contribution < -0.4 is 36.9 Å². The number of halogens is 2. The molecule has 0 amide bonds. The van der Waals surface area contributed by atoms with Gasteiger partial charge in [0.2, 0.25) is 0 Å². The fraction of sp³-hybridized carbons (Fsp3) is 0. The van der Waals surface area contributed by atoms with Crippen LogP contribution in [0, 0.1) is 0 Å². The number of nitrogens with zero attached hydrogens (tertiary/aromatic N) is 2. The van der Waals surface area contributed by atoms with E-state index in [9.17, 15) is 0 Å². The molecule has 0 atom stereocenters. The normalized spacial score (nSPS) is 12.2. The lowest BCUT2D eigenvalue weighted by molar-refractivity contribution is 0.426. The number of hydrogen-bond acceptors (Lipinski definition) is 4. The van der Waals surface area contributed by atoms with Crippen LogP contribution >= 0.6 is 31.9 Å². The van der Waals surface area contributed by atoms with E-state index in [2.05, 4.69) is 369 Å². The van der Waals surface area contributed by atoms with E-state index in [0.717, 1.165) is 8.95 Å². The molecule has 9 heteroatoms. The Hall–Kier alpha value is -11.0. The van der Waals surface area contributed by atoms with Gasteiger partial charge in [-0.25, -0.2) is 0 Å². The minimum absolute atomic E-state index is 0.0276. The Bertz CT molecular complexity index is 5020. The van der Waals surface area contributed by atoms with Crippen LogP contribution in [0.5, 0.6) is 0 Å². The van der Waals surface area contributed by atoms with E-state index in [1.165, 1.54) is 156 Å². The zero-order valence-electron chi connectivity index (χ0n) is 53.8. The first-order chi connectivity index (χ1) is 48.8. The Morgan fingerprint density at radius 2 is 0.424 bits per heavy atom. The van der Waals surface area contributed by atoms with Gasteiger partial charge in [0.25, 0.3) is 0 Å². The minimum atomic E-state index is -1.34. The molecular weight excluding hydrogens is 1330 g/mol. The lowest BCUT2D eigenvalue weighted by Crippen LogP contribution is -2.59. The number of anilines is 4. The van der Waals surface area contributed by atoms with Gasteiger partial charge in [-0.05, 0) is 201 Å². The van der Waals surface area contributed by atoms with E-state index in [0.29, 0.717) is 5.46 Å². The largest absolute Gasteiger partial charge is 0.488 e. The van der Waals surface area contributed by atoms with E-state index in [4.69, 9.17) is 10.0 Å². The van der Waals surface area contributed by atoms with Gasteiger partial charge in [-0.1, -0.05) is 305 Å².